The summed E-state index contributed by atoms with van der Waals surface area (Å²) in [5.41, 5.74) is 1.42. The SMILES string of the molecule is CC(C)c1ccc(NC(=O)[C@H](C)OC(=O)c2cc(Cl)ccc2F)cc1. The molecule has 0 aliphatic rings. The second kappa shape index (κ2) is 8.12. The lowest BCUT2D eigenvalue weighted by Crippen LogP contribution is -2.30. The fourth-order valence-corrected chi connectivity index (χ4v) is 2.30. The Morgan fingerprint density at radius 3 is 2.32 bits per heavy atom. The summed E-state index contributed by atoms with van der Waals surface area (Å²) in [4.78, 5) is 24.1. The van der Waals surface area contributed by atoms with Crippen molar-refractivity contribution in [3.8, 4) is 0 Å². The van der Waals surface area contributed by atoms with E-state index in [4.69, 9.17) is 16.3 Å². The maximum Gasteiger partial charge on any atom is 0.341 e. The third-order valence-corrected chi connectivity index (χ3v) is 3.88. The largest absolute Gasteiger partial charge is 0.449 e. The normalized spacial score (nSPS) is 11.9. The van der Waals surface area contributed by atoms with Crippen LogP contribution in [0.15, 0.2) is 42.5 Å². The molecule has 2 aromatic rings. The Labute approximate surface area is 150 Å². The Kier molecular flexibility index (Phi) is 6.15. The maximum atomic E-state index is 13.7. The summed E-state index contributed by atoms with van der Waals surface area (Å²) in [5.74, 6) is -1.82. The van der Waals surface area contributed by atoms with Crippen molar-refractivity contribution in [2.75, 3.05) is 5.32 Å². The molecule has 132 valence electrons. The van der Waals surface area contributed by atoms with Crippen LogP contribution < -0.4 is 5.32 Å². The van der Waals surface area contributed by atoms with E-state index >= 15 is 0 Å². The van der Waals surface area contributed by atoms with Gasteiger partial charge in [0.25, 0.3) is 5.91 Å². The molecule has 0 aliphatic heterocycles. The first-order valence-corrected chi connectivity index (χ1v) is 8.22. The van der Waals surface area contributed by atoms with Crippen molar-refractivity contribution >= 4 is 29.2 Å². The van der Waals surface area contributed by atoms with Gasteiger partial charge in [-0.3, -0.25) is 4.79 Å². The quantitative estimate of drug-likeness (QED) is 0.777. The van der Waals surface area contributed by atoms with Crippen molar-refractivity contribution in [3.63, 3.8) is 0 Å². The molecule has 6 heteroatoms. The Morgan fingerprint density at radius 2 is 1.72 bits per heavy atom. The minimum Gasteiger partial charge on any atom is -0.449 e. The number of hydrogen-bond acceptors (Lipinski definition) is 3. The number of benzene rings is 2. The zero-order valence-corrected chi connectivity index (χ0v) is 14.9. The van der Waals surface area contributed by atoms with Crippen molar-refractivity contribution in [1.29, 1.82) is 0 Å². The number of anilines is 1. The molecule has 1 atom stereocenters. The summed E-state index contributed by atoms with van der Waals surface area (Å²) in [6.45, 7) is 5.56. The molecule has 0 saturated carbocycles. The average molecular weight is 364 g/mol. The third kappa shape index (κ3) is 5.03. The number of nitrogens with one attached hydrogen (secondary N) is 1. The molecule has 0 spiro atoms. The van der Waals surface area contributed by atoms with E-state index in [1.54, 1.807) is 12.1 Å². The van der Waals surface area contributed by atoms with E-state index in [9.17, 15) is 14.0 Å². The molecule has 0 bridgehead atoms. The fourth-order valence-electron chi connectivity index (χ4n) is 2.13. The van der Waals surface area contributed by atoms with Crippen LogP contribution in [0.4, 0.5) is 10.1 Å². The monoisotopic (exact) mass is 363 g/mol. The van der Waals surface area contributed by atoms with Crippen LogP contribution in [0.3, 0.4) is 0 Å². The van der Waals surface area contributed by atoms with Crippen LogP contribution in [0.25, 0.3) is 0 Å². The number of carbonyl (C=O) groups excluding carboxylic acids is 2. The summed E-state index contributed by atoms with van der Waals surface area (Å²) < 4.78 is 18.7. The molecule has 2 aromatic carbocycles. The van der Waals surface area contributed by atoms with Crippen LogP contribution in [-0.2, 0) is 9.53 Å². The molecule has 0 heterocycles. The molecule has 0 radical (unpaired) electrons. The van der Waals surface area contributed by atoms with Gasteiger partial charge in [-0.1, -0.05) is 37.6 Å². The number of rotatable bonds is 5. The van der Waals surface area contributed by atoms with Crippen molar-refractivity contribution < 1.29 is 18.7 Å². The van der Waals surface area contributed by atoms with Gasteiger partial charge >= 0.3 is 5.97 Å². The van der Waals surface area contributed by atoms with Gasteiger partial charge < -0.3 is 10.1 Å². The van der Waals surface area contributed by atoms with Gasteiger partial charge in [-0.15, -0.1) is 0 Å². The molecule has 0 saturated heterocycles. The van der Waals surface area contributed by atoms with Gasteiger partial charge in [0.05, 0.1) is 5.56 Å². The van der Waals surface area contributed by atoms with Gasteiger partial charge in [-0.05, 0) is 48.7 Å². The molecule has 0 fully saturated rings. The van der Waals surface area contributed by atoms with E-state index in [2.05, 4.69) is 19.2 Å². The Hall–Kier alpha value is -2.40. The summed E-state index contributed by atoms with van der Waals surface area (Å²) >= 11 is 5.75. The van der Waals surface area contributed by atoms with E-state index in [-0.39, 0.29) is 10.6 Å². The smallest absolute Gasteiger partial charge is 0.341 e. The highest BCUT2D eigenvalue weighted by molar-refractivity contribution is 6.30. The van der Waals surface area contributed by atoms with E-state index in [0.29, 0.717) is 11.6 Å². The minimum atomic E-state index is -1.09. The summed E-state index contributed by atoms with van der Waals surface area (Å²) in [6.07, 6.45) is -1.09. The molecule has 25 heavy (non-hydrogen) atoms. The zero-order chi connectivity index (χ0) is 18.6. The molecule has 0 aliphatic carbocycles. The van der Waals surface area contributed by atoms with Crippen LogP contribution in [0.2, 0.25) is 5.02 Å². The van der Waals surface area contributed by atoms with Crippen molar-refractivity contribution in [2.24, 2.45) is 0 Å². The molecule has 1 N–H and O–H groups in total. The minimum absolute atomic E-state index is 0.204. The Morgan fingerprint density at radius 1 is 1.08 bits per heavy atom. The summed E-state index contributed by atoms with van der Waals surface area (Å²) in [5, 5.41) is 2.86. The standard InChI is InChI=1S/C19H19ClFNO3/c1-11(2)13-4-7-15(8-5-13)22-18(23)12(3)25-19(24)16-10-14(20)6-9-17(16)21/h4-12H,1-3H3,(H,22,23)/t12-/m0/s1. The molecule has 0 unspecified atom stereocenters. The molecule has 4 nitrogen and oxygen atoms in total. The zero-order valence-electron chi connectivity index (χ0n) is 14.2. The molecule has 1 amide bonds. The molecular formula is C19H19ClFNO3. The summed E-state index contributed by atoms with van der Waals surface area (Å²) in [7, 11) is 0. The maximum absolute atomic E-state index is 13.7. The van der Waals surface area contributed by atoms with E-state index in [0.717, 1.165) is 17.7 Å². The van der Waals surface area contributed by atoms with Gasteiger partial charge in [0.2, 0.25) is 0 Å². The number of ether oxygens (including phenoxy) is 1. The van der Waals surface area contributed by atoms with Crippen molar-refractivity contribution in [1.82, 2.24) is 0 Å². The van der Waals surface area contributed by atoms with Gasteiger partial charge in [0, 0.05) is 10.7 Å². The predicted octanol–water partition coefficient (Wildman–Crippen LogP) is 4.79. The van der Waals surface area contributed by atoms with E-state index in [1.807, 2.05) is 12.1 Å². The first-order chi connectivity index (χ1) is 11.8. The van der Waals surface area contributed by atoms with Gasteiger partial charge in [-0.2, -0.15) is 0 Å². The van der Waals surface area contributed by atoms with Crippen molar-refractivity contribution in [3.05, 3.63) is 64.4 Å². The van der Waals surface area contributed by atoms with Crippen LogP contribution in [-0.4, -0.2) is 18.0 Å². The number of esters is 1. The topological polar surface area (TPSA) is 55.4 Å². The highest BCUT2D eigenvalue weighted by atomic mass is 35.5. The predicted molar refractivity (Wildman–Crippen MR) is 95.4 cm³/mol. The van der Waals surface area contributed by atoms with Crippen LogP contribution in [0.5, 0.6) is 0 Å². The number of carbonyl (C=O) groups is 2. The lowest BCUT2D eigenvalue weighted by atomic mass is 10.0. The molecular weight excluding hydrogens is 345 g/mol. The average Bonchev–Trinajstić information content (AvgIpc) is 2.57. The van der Waals surface area contributed by atoms with Crippen LogP contribution in [0.1, 0.15) is 42.6 Å². The highest BCUT2D eigenvalue weighted by Gasteiger charge is 2.21. The van der Waals surface area contributed by atoms with Crippen LogP contribution in [0, 0.1) is 5.82 Å². The van der Waals surface area contributed by atoms with E-state index in [1.165, 1.54) is 13.0 Å². The first-order valence-electron chi connectivity index (χ1n) is 7.84. The Balaban J connectivity index is 2.00. The number of amides is 1. The summed E-state index contributed by atoms with van der Waals surface area (Å²) in [6, 6.07) is 10.9. The van der Waals surface area contributed by atoms with Gasteiger partial charge in [0.1, 0.15) is 5.82 Å². The van der Waals surface area contributed by atoms with E-state index < -0.39 is 23.8 Å². The molecule has 0 aromatic heterocycles. The fraction of sp³-hybridized carbons (Fsp3) is 0.263. The second-order valence-corrected chi connectivity index (χ2v) is 6.37. The van der Waals surface area contributed by atoms with Gasteiger partial charge in [0.15, 0.2) is 6.10 Å². The second-order valence-electron chi connectivity index (χ2n) is 5.94. The number of halogens is 2. The molecule has 2 rings (SSSR count). The van der Waals surface area contributed by atoms with Crippen molar-refractivity contribution in [2.45, 2.75) is 32.8 Å². The Bertz CT molecular complexity index is 775. The lowest BCUT2D eigenvalue weighted by Gasteiger charge is -2.14. The third-order valence-electron chi connectivity index (χ3n) is 3.65. The first kappa shape index (κ1) is 18.9. The number of hydrogen-bond donors (Lipinski definition) is 1. The van der Waals surface area contributed by atoms with Crippen LogP contribution >= 0.6 is 11.6 Å². The lowest BCUT2D eigenvalue weighted by molar-refractivity contribution is -0.123. The highest BCUT2D eigenvalue weighted by Crippen LogP contribution is 2.18. The van der Waals surface area contributed by atoms with Gasteiger partial charge in [-0.25, -0.2) is 9.18 Å².